The van der Waals surface area contributed by atoms with Crippen molar-refractivity contribution in [1.82, 2.24) is 5.32 Å². The maximum Gasteiger partial charge on any atom is 0.364 e. The molecule has 0 bridgehead atoms. The highest BCUT2D eigenvalue weighted by molar-refractivity contribution is 5.76. The van der Waals surface area contributed by atoms with E-state index >= 15 is 0 Å². The van der Waals surface area contributed by atoms with Gasteiger partial charge in [-0.25, -0.2) is 4.79 Å². The molecule has 15 nitrogen and oxygen atoms in total. The molecule has 2 aliphatic heterocycles. The summed E-state index contributed by atoms with van der Waals surface area (Å²) in [5, 5.41) is 81.9. The van der Waals surface area contributed by atoms with Gasteiger partial charge in [-0.1, -0.05) is 0 Å². The SMILES string of the molecule is CO[C@H]1O[C@H](CO[C@]2(C(=O)O)C[C@H](O)[C@@H](NC(C)=O)[C@H]([C@H](O)[C@H](O)CO)O2)[C@@H](O)[C@H](O)[C@H]1O. The Kier molecular flexibility index (Phi) is 9.49. The molecule has 2 fully saturated rings. The molecule has 11 atom stereocenters. The number of rotatable bonds is 9. The maximum atomic E-state index is 12.1. The van der Waals surface area contributed by atoms with Crippen LogP contribution in [0, 0.1) is 0 Å². The van der Waals surface area contributed by atoms with E-state index in [1.165, 1.54) is 0 Å². The minimum absolute atomic E-state index is 0.654. The molecular weight excluding hydrogens is 454 g/mol. The third-order valence-electron chi connectivity index (χ3n) is 5.57. The summed E-state index contributed by atoms with van der Waals surface area (Å²) in [6.07, 6.45) is -15.7. The molecule has 2 rings (SSSR count). The topological polar surface area (TPSA) is 245 Å². The summed E-state index contributed by atoms with van der Waals surface area (Å²) in [6.45, 7) is -0.576. The van der Waals surface area contributed by atoms with Crippen LogP contribution in [0.4, 0.5) is 0 Å². The molecule has 0 aromatic rings. The average molecular weight is 485 g/mol. The number of ether oxygens (including phenoxy) is 4. The smallest absolute Gasteiger partial charge is 0.364 e. The van der Waals surface area contributed by atoms with Crippen LogP contribution < -0.4 is 5.32 Å². The van der Waals surface area contributed by atoms with Gasteiger partial charge in [0.2, 0.25) is 5.91 Å². The zero-order chi connectivity index (χ0) is 25.1. The van der Waals surface area contributed by atoms with Gasteiger partial charge < -0.3 is 65.1 Å². The van der Waals surface area contributed by atoms with E-state index in [-0.39, 0.29) is 0 Å². The van der Waals surface area contributed by atoms with Crippen LogP contribution in [-0.4, -0.2) is 140 Å². The quantitative estimate of drug-likeness (QED) is 0.148. The standard InChI is InChI=1S/C18H31NO14/c1-6(21)19-10-7(22)3-18(17(28)29,33-15(10)11(24)8(23)4-20)31-5-9-12(25)13(26)14(27)16(30-2)32-9/h7-16,20,22-27H,3-5H2,1-2H3,(H,19,21)(H,28,29)/t7-,8+,9+,10+,11+,12+,13-,14+,15+,16-,18+/m0/s1. The molecule has 0 unspecified atom stereocenters. The zero-order valence-electron chi connectivity index (χ0n) is 17.9. The first-order valence-electron chi connectivity index (χ1n) is 10.1. The van der Waals surface area contributed by atoms with Gasteiger partial charge in [-0.3, -0.25) is 4.79 Å². The number of hydrogen-bond acceptors (Lipinski definition) is 13. The molecule has 1 amide bonds. The lowest BCUT2D eigenvalue weighted by molar-refractivity contribution is -0.336. The average Bonchev–Trinajstić information content (AvgIpc) is 2.77. The summed E-state index contributed by atoms with van der Waals surface area (Å²) < 4.78 is 20.9. The van der Waals surface area contributed by atoms with Crippen molar-refractivity contribution in [2.75, 3.05) is 20.3 Å². The highest BCUT2D eigenvalue weighted by Gasteiger charge is 2.56. The molecule has 192 valence electrons. The van der Waals surface area contributed by atoms with E-state index in [0.717, 1.165) is 14.0 Å². The lowest BCUT2D eigenvalue weighted by Gasteiger charge is -2.47. The molecule has 0 aromatic carbocycles. The van der Waals surface area contributed by atoms with E-state index in [2.05, 4.69) is 5.32 Å². The molecule has 0 spiro atoms. The third-order valence-corrected chi connectivity index (χ3v) is 5.57. The highest BCUT2D eigenvalue weighted by Crippen LogP contribution is 2.34. The van der Waals surface area contributed by atoms with E-state index in [1.54, 1.807) is 0 Å². The fourth-order valence-electron chi connectivity index (χ4n) is 3.74. The van der Waals surface area contributed by atoms with E-state index < -0.39 is 98.5 Å². The van der Waals surface area contributed by atoms with Crippen LogP contribution in [-0.2, 0) is 28.5 Å². The molecule has 0 aliphatic carbocycles. The number of aliphatic carboxylic acids is 1. The van der Waals surface area contributed by atoms with Crippen molar-refractivity contribution < 1.29 is 69.4 Å². The number of methoxy groups -OCH3 is 1. The van der Waals surface area contributed by atoms with Gasteiger partial charge >= 0.3 is 5.97 Å². The zero-order valence-corrected chi connectivity index (χ0v) is 17.9. The number of hydrogen-bond donors (Lipinski definition) is 9. The molecular formula is C18H31NO14. The predicted octanol–water partition coefficient (Wildman–Crippen LogP) is -5.39. The summed E-state index contributed by atoms with van der Waals surface area (Å²) in [6, 6.07) is -1.37. The van der Waals surface area contributed by atoms with Crippen molar-refractivity contribution in [2.45, 2.75) is 80.3 Å². The van der Waals surface area contributed by atoms with E-state index in [1.807, 2.05) is 0 Å². The Bertz CT molecular complexity index is 679. The van der Waals surface area contributed by atoms with Gasteiger partial charge in [0.25, 0.3) is 5.79 Å². The Labute approximate surface area is 188 Å². The monoisotopic (exact) mass is 485 g/mol. The van der Waals surface area contributed by atoms with Gasteiger partial charge in [0.1, 0.15) is 42.7 Å². The van der Waals surface area contributed by atoms with Crippen LogP contribution >= 0.6 is 0 Å². The highest BCUT2D eigenvalue weighted by atomic mass is 16.7. The van der Waals surface area contributed by atoms with Crippen molar-refractivity contribution >= 4 is 11.9 Å². The Morgan fingerprint density at radius 1 is 1.15 bits per heavy atom. The van der Waals surface area contributed by atoms with Gasteiger partial charge in [0.05, 0.1) is 25.4 Å². The van der Waals surface area contributed by atoms with E-state index in [4.69, 9.17) is 24.1 Å². The lowest BCUT2D eigenvalue weighted by atomic mass is 9.88. The molecule has 33 heavy (non-hydrogen) atoms. The van der Waals surface area contributed by atoms with Crippen molar-refractivity contribution in [1.29, 1.82) is 0 Å². The van der Waals surface area contributed by atoms with Crippen LogP contribution in [0.15, 0.2) is 0 Å². The van der Waals surface area contributed by atoms with Crippen LogP contribution in [0.5, 0.6) is 0 Å². The third kappa shape index (κ3) is 5.95. The fourth-order valence-corrected chi connectivity index (χ4v) is 3.74. The van der Waals surface area contributed by atoms with Crippen molar-refractivity contribution in [2.24, 2.45) is 0 Å². The molecule has 2 aliphatic rings. The number of carbonyl (C=O) groups is 2. The van der Waals surface area contributed by atoms with Crippen LogP contribution in [0.1, 0.15) is 13.3 Å². The van der Waals surface area contributed by atoms with Gasteiger partial charge in [-0.05, 0) is 0 Å². The minimum Gasteiger partial charge on any atom is -0.477 e. The van der Waals surface area contributed by atoms with E-state index in [9.17, 15) is 45.3 Å². The first kappa shape index (κ1) is 27.7. The Morgan fingerprint density at radius 3 is 2.30 bits per heavy atom. The Morgan fingerprint density at radius 2 is 1.79 bits per heavy atom. The molecule has 0 aromatic heterocycles. The van der Waals surface area contributed by atoms with Crippen molar-refractivity contribution in [3.63, 3.8) is 0 Å². The summed E-state index contributed by atoms with van der Waals surface area (Å²) in [7, 11) is 1.16. The summed E-state index contributed by atoms with van der Waals surface area (Å²) in [5.41, 5.74) is 0. The molecule has 2 saturated heterocycles. The normalized spacial score (nSPS) is 41.2. The minimum atomic E-state index is -2.65. The Balaban J connectivity index is 2.28. The number of carboxylic acid groups (broad SMARTS) is 1. The number of aliphatic hydroxyl groups excluding tert-OH is 7. The molecule has 2 heterocycles. The Hall–Kier alpha value is -1.50. The van der Waals surface area contributed by atoms with Gasteiger partial charge in [0, 0.05) is 20.5 Å². The summed E-state index contributed by atoms with van der Waals surface area (Å²) >= 11 is 0. The van der Waals surface area contributed by atoms with Crippen molar-refractivity contribution in [3.05, 3.63) is 0 Å². The number of carbonyl (C=O) groups excluding carboxylic acids is 1. The predicted molar refractivity (Wildman–Crippen MR) is 102 cm³/mol. The van der Waals surface area contributed by atoms with Gasteiger partial charge in [-0.2, -0.15) is 0 Å². The van der Waals surface area contributed by atoms with Gasteiger partial charge in [0.15, 0.2) is 6.29 Å². The van der Waals surface area contributed by atoms with Crippen LogP contribution in [0.2, 0.25) is 0 Å². The fraction of sp³-hybridized carbons (Fsp3) is 0.889. The van der Waals surface area contributed by atoms with E-state index in [0.29, 0.717) is 0 Å². The second-order valence-electron chi connectivity index (χ2n) is 7.94. The largest absolute Gasteiger partial charge is 0.477 e. The first-order chi connectivity index (χ1) is 15.4. The number of carboxylic acids is 1. The van der Waals surface area contributed by atoms with Crippen LogP contribution in [0.25, 0.3) is 0 Å². The number of nitrogens with one attached hydrogen (secondary N) is 1. The van der Waals surface area contributed by atoms with Crippen molar-refractivity contribution in [3.8, 4) is 0 Å². The second-order valence-corrected chi connectivity index (χ2v) is 7.94. The summed E-state index contributed by atoms with van der Waals surface area (Å²) in [5.74, 6) is -5.06. The molecule has 9 N–H and O–H groups in total. The van der Waals surface area contributed by atoms with Crippen LogP contribution in [0.3, 0.4) is 0 Å². The lowest BCUT2D eigenvalue weighted by Crippen LogP contribution is -2.68. The summed E-state index contributed by atoms with van der Waals surface area (Å²) in [4.78, 5) is 23.6. The second kappa shape index (κ2) is 11.3. The number of aliphatic hydroxyl groups is 7. The molecule has 15 heteroatoms. The molecule has 0 saturated carbocycles. The molecule has 0 radical (unpaired) electrons. The number of amides is 1. The maximum absolute atomic E-state index is 12.1. The first-order valence-corrected chi connectivity index (χ1v) is 10.1. The van der Waals surface area contributed by atoms with Gasteiger partial charge in [-0.15, -0.1) is 0 Å².